The molecule has 33 heavy (non-hydrogen) atoms. The fourth-order valence-electron chi connectivity index (χ4n) is 3.84. The molecule has 5 nitrogen and oxygen atoms in total. The average molecular weight is 457 g/mol. The Kier molecular flexibility index (Phi) is 6.09. The first-order valence-electron chi connectivity index (χ1n) is 11.0. The topological polar surface area (TPSA) is 51.7 Å². The Morgan fingerprint density at radius 2 is 1.91 bits per heavy atom. The van der Waals surface area contributed by atoms with Crippen molar-refractivity contribution >= 4 is 22.9 Å². The molecule has 0 spiro atoms. The highest BCUT2D eigenvalue weighted by atomic mass is 32.1. The summed E-state index contributed by atoms with van der Waals surface area (Å²) in [6.45, 7) is 3.20. The molecule has 1 aliphatic rings. The number of hydrogen-bond acceptors (Lipinski definition) is 5. The maximum absolute atomic E-state index is 12.6. The van der Waals surface area contributed by atoms with Crippen LogP contribution in [0.2, 0.25) is 0 Å². The lowest BCUT2D eigenvalue weighted by Crippen LogP contribution is -2.39. The van der Waals surface area contributed by atoms with Crippen LogP contribution >= 0.6 is 11.3 Å². The van der Waals surface area contributed by atoms with Gasteiger partial charge < -0.3 is 14.4 Å². The molecule has 166 valence electrons. The van der Waals surface area contributed by atoms with Gasteiger partial charge in [0.25, 0.3) is 5.91 Å². The standard InChI is InChI=1S/C27H24N2O3S/c1-19-7-5-10-22(15-19)31-14-6-13-29-24-16-21(11-12-25(24)32-17-26(29)30)23-18-33-27(28-23)20-8-3-2-4-9-20/h2-5,7-12,15-16,18H,6,13-14,17H2,1H3. The van der Waals surface area contributed by atoms with E-state index >= 15 is 0 Å². The third-order valence-corrected chi connectivity index (χ3v) is 6.40. The lowest BCUT2D eigenvalue weighted by molar-refractivity contribution is -0.121. The van der Waals surface area contributed by atoms with Crippen LogP contribution in [-0.2, 0) is 4.79 Å². The number of fused-ring (bicyclic) bond motifs is 1. The maximum Gasteiger partial charge on any atom is 0.265 e. The Hall–Kier alpha value is -3.64. The lowest BCUT2D eigenvalue weighted by atomic mass is 10.1. The molecule has 0 fully saturated rings. The second-order valence-electron chi connectivity index (χ2n) is 7.94. The monoisotopic (exact) mass is 456 g/mol. The molecule has 0 radical (unpaired) electrons. The Morgan fingerprint density at radius 1 is 1.03 bits per heavy atom. The quantitative estimate of drug-likeness (QED) is 0.321. The number of carbonyl (C=O) groups is 1. The summed E-state index contributed by atoms with van der Waals surface area (Å²) < 4.78 is 11.5. The summed E-state index contributed by atoms with van der Waals surface area (Å²) in [5.74, 6) is 1.53. The van der Waals surface area contributed by atoms with Crippen molar-refractivity contribution in [3.63, 3.8) is 0 Å². The van der Waals surface area contributed by atoms with Crippen molar-refractivity contribution in [3.05, 3.63) is 83.7 Å². The molecule has 0 aliphatic carbocycles. The number of benzene rings is 3. The summed E-state index contributed by atoms with van der Waals surface area (Å²) >= 11 is 1.61. The van der Waals surface area contributed by atoms with E-state index < -0.39 is 0 Å². The van der Waals surface area contributed by atoms with Crippen LogP contribution in [-0.4, -0.2) is 30.6 Å². The van der Waals surface area contributed by atoms with Gasteiger partial charge in [0, 0.05) is 23.1 Å². The largest absolute Gasteiger partial charge is 0.494 e. The zero-order valence-electron chi connectivity index (χ0n) is 18.4. The first kappa shape index (κ1) is 21.2. The normalized spacial score (nSPS) is 12.9. The van der Waals surface area contributed by atoms with Gasteiger partial charge in [-0.3, -0.25) is 4.79 Å². The molecule has 0 saturated heterocycles. The molecule has 0 unspecified atom stereocenters. The molecule has 6 heteroatoms. The number of rotatable bonds is 7. The van der Waals surface area contributed by atoms with E-state index in [1.54, 1.807) is 16.2 Å². The van der Waals surface area contributed by atoms with Crippen molar-refractivity contribution in [3.8, 4) is 33.3 Å². The van der Waals surface area contributed by atoms with Gasteiger partial charge in [0.2, 0.25) is 0 Å². The number of carbonyl (C=O) groups excluding carboxylic acids is 1. The third-order valence-electron chi connectivity index (χ3n) is 5.51. The van der Waals surface area contributed by atoms with Crippen LogP contribution in [0, 0.1) is 6.92 Å². The minimum absolute atomic E-state index is 0.0431. The Bertz CT molecular complexity index is 1270. The van der Waals surface area contributed by atoms with E-state index in [1.807, 2.05) is 67.6 Å². The molecule has 0 bridgehead atoms. The van der Waals surface area contributed by atoms with Gasteiger partial charge in [0.15, 0.2) is 6.61 Å². The molecule has 1 amide bonds. The van der Waals surface area contributed by atoms with Crippen LogP contribution in [0.1, 0.15) is 12.0 Å². The highest BCUT2D eigenvalue weighted by Crippen LogP contribution is 2.37. The molecule has 0 N–H and O–H groups in total. The SMILES string of the molecule is Cc1cccc(OCCCN2C(=O)COc3ccc(-c4csc(-c5ccccc5)n4)cc32)c1. The molecule has 1 aliphatic heterocycles. The predicted molar refractivity (Wildman–Crippen MR) is 132 cm³/mol. The number of nitrogens with zero attached hydrogens (tertiary/aromatic N) is 2. The molecule has 3 aromatic carbocycles. The number of aromatic nitrogens is 1. The number of thiazole rings is 1. The highest BCUT2D eigenvalue weighted by Gasteiger charge is 2.26. The zero-order chi connectivity index (χ0) is 22.6. The fourth-order valence-corrected chi connectivity index (χ4v) is 4.68. The number of anilines is 1. The van der Waals surface area contributed by atoms with Gasteiger partial charge in [0.05, 0.1) is 18.0 Å². The summed E-state index contributed by atoms with van der Waals surface area (Å²) in [4.78, 5) is 19.3. The second-order valence-corrected chi connectivity index (χ2v) is 8.80. The Morgan fingerprint density at radius 3 is 2.76 bits per heavy atom. The van der Waals surface area contributed by atoms with E-state index in [1.165, 1.54) is 0 Å². The smallest absolute Gasteiger partial charge is 0.265 e. The van der Waals surface area contributed by atoms with Gasteiger partial charge in [0.1, 0.15) is 16.5 Å². The Balaban J connectivity index is 1.31. The summed E-state index contributed by atoms with van der Waals surface area (Å²) in [7, 11) is 0. The van der Waals surface area contributed by atoms with Gasteiger partial charge >= 0.3 is 0 Å². The molecule has 5 rings (SSSR count). The van der Waals surface area contributed by atoms with Crippen molar-refractivity contribution in [2.45, 2.75) is 13.3 Å². The van der Waals surface area contributed by atoms with Crippen molar-refractivity contribution in [1.29, 1.82) is 0 Å². The number of ether oxygens (including phenoxy) is 2. The van der Waals surface area contributed by atoms with Crippen LogP contribution in [0.3, 0.4) is 0 Å². The maximum atomic E-state index is 12.6. The molecule has 4 aromatic rings. The summed E-state index contributed by atoms with van der Waals surface area (Å²) in [5, 5.41) is 3.02. The Labute approximate surface area is 197 Å². The first-order valence-corrected chi connectivity index (χ1v) is 11.8. The van der Waals surface area contributed by atoms with Crippen LogP contribution in [0.15, 0.2) is 78.2 Å². The van der Waals surface area contributed by atoms with Crippen LogP contribution < -0.4 is 14.4 Å². The van der Waals surface area contributed by atoms with Gasteiger partial charge in [-0.2, -0.15) is 0 Å². The molecule has 1 aromatic heterocycles. The molecule has 0 saturated carbocycles. The first-order chi connectivity index (χ1) is 16.2. The number of amides is 1. The van der Waals surface area contributed by atoms with Crippen molar-refractivity contribution < 1.29 is 14.3 Å². The van der Waals surface area contributed by atoms with Crippen molar-refractivity contribution in [1.82, 2.24) is 4.98 Å². The minimum atomic E-state index is -0.0431. The van der Waals surface area contributed by atoms with E-state index in [0.717, 1.165) is 51.0 Å². The molecular weight excluding hydrogens is 432 g/mol. The number of hydrogen-bond donors (Lipinski definition) is 0. The minimum Gasteiger partial charge on any atom is -0.494 e. The third kappa shape index (κ3) is 4.76. The highest BCUT2D eigenvalue weighted by molar-refractivity contribution is 7.13. The van der Waals surface area contributed by atoms with E-state index in [0.29, 0.717) is 13.2 Å². The van der Waals surface area contributed by atoms with E-state index in [4.69, 9.17) is 14.5 Å². The van der Waals surface area contributed by atoms with Gasteiger partial charge in [-0.25, -0.2) is 4.98 Å². The van der Waals surface area contributed by atoms with Gasteiger partial charge in [-0.1, -0.05) is 42.5 Å². The second kappa shape index (κ2) is 9.46. The fraction of sp³-hybridized carbons (Fsp3) is 0.185. The summed E-state index contributed by atoms with van der Waals surface area (Å²) in [5.41, 5.74) is 4.90. The van der Waals surface area contributed by atoms with E-state index in [9.17, 15) is 4.79 Å². The van der Waals surface area contributed by atoms with E-state index in [2.05, 4.69) is 17.5 Å². The molecule has 0 atom stereocenters. The average Bonchev–Trinajstić information content (AvgIpc) is 3.34. The van der Waals surface area contributed by atoms with Gasteiger partial charge in [-0.15, -0.1) is 11.3 Å². The van der Waals surface area contributed by atoms with Crippen molar-refractivity contribution in [2.24, 2.45) is 0 Å². The summed E-state index contributed by atoms with van der Waals surface area (Å²) in [6.07, 6.45) is 0.720. The lowest BCUT2D eigenvalue weighted by Gasteiger charge is -2.29. The zero-order valence-corrected chi connectivity index (χ0v) is 19.2. The van der Waals surface area contributed by atoms with E-state index in [-0.39, 0.29) is 12.5 Å². The van der Waals surface area contributed by atoms with Gasteiger partial charge in [-0.05, 0) is 49.2 Å². The molecular formula is C27H24N2O3S. The molecule has 2 heterocycles. The number of aryl methyl sites for hydroxylation is 1. The van der Waals surface area contributed by atoms with Crippen LogP contribution in [0.5, 0.6) is 11.5 Å². The van der Waals surface area contributed by atoms with Crippen molar-refractivity contribution in [2.75, 3.05) is 24.7 Å². The predicted octanol–water partition coefficient (Wildman–Crippen LogP) is 5.98. The summed E-state index contributed by atoms with van der Waals surface area (Å²) in [6, 6.07) is 24.0. The van der Waals surface area contributed by atoms with Crippen LogP contribution in [0.4, 0.5) is 5.69 Å². The van der Waals surface area contributed by atoms with Crippen LogP contribution in [0.25, 0.3) is 21.8 Å².